The summed E-state index contributed by atoms with van der Waals surface area (Å²) in [6.45, 7) is 0. The Hall–Kier alpha value is -2.46. The van der Waals surface area contributed by atoms with E-state index in [1.165, 1.54) is 7.11 Å². The quantitative estimate of drug-likeness (QED) is 0.521. The zero-order valence-electron chi connectivity index (χ0n) is 12.8. The van der Waals surface area contributed by atoms with E-state index in [0.29, 0.717) is 21.2 Å². The van der Waals surface area contributed by atoms with Gasteiger partial charge in [-0.05, 0) is 11.4 Å². The molecule has 0 aliphatic heterocycles. The van der Waals surface area contributed by atoms with Gasteiger partial charge in [-0.3, -0.25) is 4.79 Å². The number of thioether (sulfide) groups is 1. The molecule has 2 heterocycles. The van der Waals surface area contributed by atoms with Gasteiger partial charge in [-0.1, -0.05) is 11.8 Å². The highest BCUT2D eigenvalue weighted by atomic mass is 32.2. The monoisotopic (exact) mass is 383 g/mol. The van der Waals surface area contributed by atoms with E-state index in [9.17, 15) is 18.4 Å². The fourth-order valence-corrected chi connectivity index (χ4v) is 3.48. The van der Waals surface area contributed by atoms with Gasteiger partial charge in [0.05, 0.1) is 29.6 Å². The Morgan fingerprint density at radius 1 is 1.36 bits per heavy atom. The Morgan fingerprint density at radius 2 is 2.12 bits per heavy atom. The van der Waals surface area contributed by atoms with Crippen LogP contribution >= 0.6 is 23.1 Å². The standard InChI is InChI=1S/C15H11F2N3O3S2/c1-23-14(22)13-9(2-3-24-13)18-12(21)6-25-15-19-10-4-7(16)8(17)5-11(10)20-15/h2-5H,6H2,1H3,(H,18,21)(H,19,20). The number of nitrogens with zero attached hydrogens (tertiary/aromatic N) is 1. The van der Waals surface area contributed by atoms with Crippen molar-refractivity contribution in [1.82, 2.24) is 9.97 Å². The lowest BCUT2D eigenvalue weighted by atomic mass is 10.3. The minimum absolute atomic E-state index is 0.00124. The van der Waals surface area contributed by atoms with Gasteiger partial charge in [-0.25, -0.2) is 18.6 Å². The number of H-pyrrole nitrogens is 1. The first kappa shape index (κ1) is 17.4. The lowest BCUT2D eigenvalue weighted by Crippen LogP contribution is -2.15. The van der Waals surface area contributed by atoms with Crippen molar-refractivity contribution in [2.45, 2.75) is 5.16 Å². The van der Waals surface area contributed by atoms with Gasteiger partial charge < -0.3 is 15.0 Å². The fourth-order valence-electron chi connectivity index (χ4n) is 2.03. The van der Waals surface area contributed by atoms with Crippen molar-refractivity contribution in [2.75, 3.05) is 18.2 Å². The molecule has 2 aromatic heterocycles. The van der Waals surface area contributed by atoms with Crippen molar-refractivity contribution in [3.63, 3.8) is 0 Å². The molecule has 0 atom stereocenters. The molecule has 1 amide bonds. The van der Waals surface area contributed by atoms with Crippen LogP contribution < -0.4 is 5.32 Å². The molecule has 0 saturated carbocycles. The third-order valence-electron chi connectivity index (χ3n) is 3.15. The van der Waals surface area contributed by atoms with Gasteiger partial charge in [-0.15, -0.1) is 11.3 Å². The Balaban J connectivity index is 1.65. The topological polar surface area (TPSA) is 84.1 Å². The van der Waals surface area contributed by atoms with E-state index in [1.807, 2.05) is 0 Å². The van der Waals surface area contributed by atoms with Gasteiger partial charge in [0, 0.05) is 12.1 Å². The summed E-state index contributed by atoms with van der Waals surface area (Å²) in [5, 5.41) is 4.64. The van der Waals surface area contributed by atoms with E-state index in [2.05, 4.69) is 20.0 Å². The van der Waals surface area contributed by atoms with E-state index in [1.54, 1.807) is 11.4 Å². The van der Waals surface area contributed by atoms with Crippen molar-refractivity contribution in [3.05, 3.63) is 40.1 Å². The van der Waals surface area contributed by atoms with Crippen LogP contribution in [0.15, 0.2) is 28.7 Å². The number of aromatic nitrogens is 2. The number of thiophene rings is 1. The summed E-state index contributed by atoms with van der Waals surface area (Å²) in [7, 11) is 1.26. The molecule has 0 bridgehead atoms. The molecule has 3 rings (SSSR count). The first-order valence-corrected chi connectivity index (χ1v) is 8.77. The molecule has 6 nitrogen and oxygen atoms in total. The Bertz CT molecular complexity index is 916. The second-order valence-corrected chi connectivity index (χ2v) is 6.70. The highest BCUT2D eigenvalue weighted by Crippen LogP contribution is 2.25. The summed E-state index contributed by atoms with van der Waals surface area (Å²) in [5.41, 5.74) is 0.983. The van der Waals surface area contributed by atoms with Gasteiger partial charge >= 0.3 is 5.97 Å². The number of benzene rings is 1. The van der Waals surface area contributed by atoms with Gasteiger partial charge in [0.1, 0.15) is 4.88 Å². The minimum atomic E-state index is -0.985. The number of amides is 1. The zero-order valence-corrected chi connectivity index (χ0v) is 14.4. The van der Waals surface area contributed by atoms with E-state index in [0.717, 1.165) is 35.2 Å². The van der Waals surface area contributed by atoms with Crippen LogP contribution in [0.25, 0.3) is 11.0 Å². The third-order valence-corrected chi connectivity index (χ3v) is 4.92. The molecule has 2 N–H and O–H groups in total. The fraction of sp³-hybridized carbons (Fsp3) is 0.133. The molecule has 0 radical (unpaired) electrons. The van der Waals surface area contributed by atoms with Crippen molar-refractivity contribution in [1.29, 1.82) is 0 Å². The first-order chi connectivity index (χ1) is 12.0. The van der Waals surface area contributed by atoms with Crippen molar-refractivity contribution < 1.29 is 23.1 Å². The summed E-state index contributed by atoms with van der Waals surface area (Å²) in [6, 6.07) is 3.60. The van der Waals surface area contributed by atoms with Crippen molar-refractivity contribution in [3.8, 4) is 0 Å². The van der Waals surface area contributed by atoms with Gasteiger partial charge in [0.25, 0.3) is 0 Å². The summed E-state index contributed by atoms with van der Waals surface area (Å²) < 4.78 is 31.0. The predicted molar refractivity (Wildman–Crippen MR) is 91.0 cm³/mol. The molecule has 10 heteroatoms. The van der Waals surface area contributed by atoms with Crippen LogP contribution in [-0.2, 0) is 9.53 Å². The highest BCUT2D eigenvalue weighted by molar-refractivity contribution is 7.99. The summed E-state index contributed by atoms with van der Waals surface area (Å²) >= 11 is 2.23. The number of aromatic amines is 1. The number of hydrogen-bond donors (Lipinski definition) is 2. The number of anilines is 1. The maximum absolute atomic E-state index is 13.2. The van der Waals surface area contributed by atoms with Crippen LogP contribution in [0.4, 0.5) is 14.5 Å². The number of imidazole rings is 1. The van der Waals surface area contributed by atoms with Crippen molar-refractivity contribution >= 4 is 51.7 Å². The average molecular weight is 383 g/mol. The molecule has 3 aromatic rings. The molecule has 25 heavy (non-hydrogen) atoms. The van der Waals surface area contributed by atoms with E-state index < -0.39 is 17.6 Å². The number of halogens is 2. The molecule has 1 aromatic carbocycles. The molecule has 130 valence electrons. The number of esters is 1. The van der Waals surface area contributed by atoms with Crippen LogP contribution in [-0.4, -0.2) is 34.7 Å². The highest BCUT2D eigenvalue weighted by Gasteiger charge is 2.16. The number of rotatable bonds is 5. The molecule has 0 aliphatic carbocycles. The first-order valence-electron chi connectivity index (χ1n) is 6.91. The van der Waals surface area contributed by atoms with Gasteiger partial charge in [0.15, 0.2) is 16.8 Å². The zero-order chi connectivity index (χ0) is 18.0. The Morgan fingerprint density at radius 3 is 2.88 bits per heavy atom. The maximum atomic E-state index is 13.2. The normalized spacial score (nSPS) is 10.8. The SMILES string of the molecule is COC(=O)c1sccc1NC(=O)CSc1nc2cc(F)c(F)cc2[nH]1. The number of hydrogen-bond acceptors (Lipinski definition) is 6. The Kier molecular flexibility index (Phi) is 5.00. The van der Waals surface area contributed by atoms with E-state index >= 15 is 0 Å². The number of fused-ring (bicyclic) bond motifs is 1. The van der Waals surface area contributed by atoms with Crippen LogP contribution in [0.5, 0.6) is 0 Å². The summed E-state index contributed by atoms with van der Waals surface area (Å²) in [6.07, 6.45) is 0. The van der Waals surface area contributed by atoms with Crippen LogP contribution in [0, 0.1) is 11.6 Å². The van der Waals surface area contributed by atoms with Crippen LogP contribution in [0.3, 0.4) is 0 Å². The second-order valence-electron chi connectivity index (χ2n) is 4.82. The lowest BCUT2D eigenvalue weighted by molar-refractivity contribution is -0.113. The number of nitrogens with one attached hydrogen (secondary N) is 2. The third kappa shape index (κ3) is 3.80. The van der Waals surface area contributed by atoms with Crippen LogP contribution in [0.2, 0.25) is 0 Å². The van der Waals surface area contributed by atoms with Crippen LogP contribution in [0.1, 0.15) is 9.67 Å². The molecular weight excluding hydrogens is 372 g/mol. The van der Waals surface area contributed by atoms with E-state index in [-0.39, 0.29) is 17.2 Å². The van der Waals surface area contributed by atoms with Gasteiger partial charge in [0.2, 0.25) is 5.91 Å². The molecule has 0 fully saturated rings. The number of methoxy groups -OCH3 is 1. The molecule has 0 saturated heterocycles. The second kappa shape index (κ2) is 7.19. The maximum Gasteiger partial charge on any atom is 0.350 e. The number of carbonyl (C=O) groups is 2. The summed E-state index contributed by atoms with van der Waals surface area (Å²) in [5.74, 6) is -2.84. The van der Waals surface area contributed by atoms with E-state index in [4.69, 9.17) is 0 Å². The average Bonchev–Trinajstić information content (AvgIpc) is 3.19. The van der Waals surface area contributed by atoms with Crippen molar-refractivity contribution in [2.24, 2.45) is 0 Å². The number of ether oxygens (including phenoxy) is 1. The largest absolute Gasteiger partial charge is 0.465 e. The summed E-state index contributed by atoms with van der Waals surface area (Å²) in [4.78, 5) is 30.8. The lowest BCUT2D eigenvalue weighted by Gasteiger charge is -2.04. The molecule has 0 aliphatic rings. The predicted octanol–water partition coefficient (Wildman–Crippen LogP) is 3.42. The minimum Gasteiger partial charge on any atom is -0.465 e. The van der Waals surface area contributed by atoms with Gasteiger partial charge in [-0.2, -0.15) is 0 Å². The smallest absolute Gasteiger partial charge is 0.350 e. The molecular formula is C15H11F2N3O3S2. The number of carbonyl (C=O) groups excluding carboxylic acids is 2. The Labute approximate surface area is 148 Å². The molecule has 0 unspecified atom stereocenters. The molecule has 0 spiro atoms.